The second-order valence-electron chi connectivity index (χ2n) is 5.60. The lowest BCUT2D eigenvalue weighted by molar-refractivity contribution is 0.0731. The zero-order valence-electron chi connectivity index (χ0n) is 13.5. The van der Waals surface area contributed by atoms with Gasteiger partial charge in [0.15, 0.2) is 0 Å². The Morgan fingerprint density at radius 2 is 1.96 bits per heavy atom. The van der Waals surface area contributed by atoms with E-state index in [-0.39, 0.29) is 15.9 Å². The fourth-order valence-electron chi connectivity index (χ4n) is 2.56. The Labute approximate surface area is 153 Å². The molecule has 0 radical (unpaired) electrons. The molecule has 0 N–H and O–H groups in total. The summed E-state index contributed by atoms with van der Waals surface area (Å²) < 4.78 is 50.7. The number of morpholine rings is 1. The van der Waals surface area contributed by atoms with Crippen LogP contribution in [0.2, 0.25) is 0 Å². The minimum absolute atomic E-state index is 0.184. The van der Waals surface area contributed by atoms with Crippen LogP contribution in [0.4, 0.5) is 4.39 Å². The van der Waals surface area contributed by atoms with Crippen LogP contribution in [0.1, 0.15) is 0 Å². The topological polar surface area (TPSA) is 85.5 Å². The van der Waals surface area contributed by atoms with Gasteiger partial charge in [0, 0.05) is 24.0 Å². The molecule has 3 heterocycles. The summed E-state index contributed by atoms with van der Waals surface area (Å²) in [6, 6.07) is 7.36. The maximum Gasteiger partial charge on any atom is 0.259 e. The first kappa shape index (κ1) is 17.3. The van der Waals surface area contributed by atoms with E-state index in [1.54, 1.807) is 17.5 Å². The van der Waals surface area contributed by atoms with Gasteiger partial charge in [0.1, 0.15) is 10.0 Å². The van der Waals surface area contributed by atoms with Crippen molar-refractivity contribution < 1.29 is 22.1 Å². The summed E-state index contributed by atoms with van der Waals surface area (Å²) >= 11 is 1.09. The van der Waals surface area contributed by atoms with E-state index in [0.717, 1.165) is 11.3 Å². The zero-order chi connectivity index (χ0) is 18.1. The number of halogens is 1. The van der Waals surface area contributed by atoms with Crippen LogP contribution in [0.15, 0.2) is 44.4 Å². The van der Waals surface area contributed by atoms with Gasteiger partial charge in [-0.15, -0.1) is 11.3 Å². The maximum absolute atomic E-state index is 13.3. The Kier molecular flexibility index (Phi) is 4.57. The number of thiophene rings is 1. The summed E-state index contributed by atoms with van der Waals surface area (Å²) in [6.07, 6.45) is 0. The average Bonchev–Trinajstić information content (AvgIpc) is 3.32. The van der Waals surface area contributed by atoms with Crippen molar-refractivity contribution in [3.63, 3.8) is 0 Å². The molecule has 3 aromatic rings. The molecule has 1 fully saturated rings. The highest BCUT2D eigenvalue weighted by molar-refractivity contribution is 7.91. The van der Waals surface area contributed by atoms with Crippen molar-refractivity contribution in [2.45, 2.75) is 4.21 Å². The van der Waals surface area contributed by atoms with Gasteiger partial charge in [0.05, 0.1) is 18.8 Å². The molecule has 2 aromatic heterocycles. The Hall–Kier alpha value is -2.14. The number of rotatable bonds is 4. The number of benzene rings is 1. The van der Waals surface area contributed by atoms with Crippen LogP contribution in [0.25, 0.3) is 22.8 Å². The number of ether oxygens (including phenoxy) is 1. The molecular formula is C16H14FN3O4S2. The molecule has 1 aromatic carbocycles. The normalized spacial score (nSPS) is 16.0. The summed E-state index contributed by atoms with van der Waals surface area (Å²) in [5.41, 5.74) is 0.994. The molecule has 4 rings (SSSR count). The molecule has 0 atom stereocenters. The van der Waals surface area contributed by atoms with E-state index in [4.69, 9.17) is 9.26 Å². The van der Waals surface area contributed by atoms with Gasteiger partial charge < -0.3 is 9.26 Å². The largest absolute Gasteiger partial charge is 0.379 e. The second-order valence-corrected chi connectivity index (χ2v) is 8.68. The smallest absolute Gasteiger partial charge is 0.259 e. The van der Waals surface area contributed by atoms with E-state index < -0.39 is 15.8 Å². The number of hydrogen-bond donors (Lipinski definition) is 0. The molecule has 7 nitrogen and oxygen atoms in total. The summed E-state index contributed by atoms with van der Waals surface area (Å²) in [5.74, 6) is 0.0236. The van der Waals surface area contributed by atoms with E-state index in [1.807, 2.05) is 0 Å². The van der Waals surface area contributed by atoms with Crippen molar-refractivity contribution in [1.29, 1.82) is 0 Å². The molecule has 10 heteroatoms. The first-order chi connectivity index (χ1) is 12.5. The van der Waals surface area contributed by atoms with Crippen molar-refractivity contribution in [3.8, 4) is 22.8 Å². The fraction of sp³-hybridized carbons (Fsp3) is 0.250. The maximum atomic E-state index is 13.3. The third kappa shape index (κ3) is 3.28. The van der Waals surface area contributed by atoms with E-state index in [1.165, 1.54) is 22.5 Å². The molecular weight excluding hydrogens is 381 g/mol. The number of hydrogen-bond acceptors (Lipinski definition) is 7. The molecule has 0 spiro atoms. The molecule has 1 aliphatic heterocycles. The van der Waals surface area contributed by atoms with Crippen LogP contribution in [0, 0.1) is 5.82 Å². The van der Waals surface area contributed by atoms with Crippen molar-refractivity contribution >= 4 is 21.4 Å². The Bertz CT molecular complexity index is 1030. The quantitative estimate of drug-likeness (QED) is 0.675. The summed E-state index contributed by atoms with van der Waals surface area (Å²) in [7, 11) is -3.57. The third-order valence-electron chi connectivity index (χ3n) is 3.90. The second kappa shape index (κ2) is 6.88. The number of sulfonamides is 1. The van der Waals surface area contributed by atoms with Gasteiger partial charge in [-0.3, -0.25) is 0 Å². The highest BCUT2D eigenvalue weighted by atomic mass is 32.2. The van der Waals surface area contributed by atoms with E-state index in [2.05, 4.69) is 10.1 Å². The van der Waals surface area contributed by atoms with Gasteiger partial charge in [0.25, 0.3) is 15.9 Å². The van der Waals surface area contributed by atoms with Gasteiger partial charge >= 0.3 is 0 Å². The van der Waals surface area contributed by atoms with Crippen LogP contribution >= 0.6 is 11.3 Å². The van der Waals surface area contributed by atoms with Gasteiger partial charge in [-0.25, -0.2) is 12.8 Å². The monoisotopic (exact) mass is 395 g/mol. The Morgan fingerprint density at radius 3 is 2.73 bits per heavy atom. The number of nitrogens with zero attached hydrogens (tertiary/aromatic N) is 3. The molecule has 0 aliphatic carbocycles. The van der Waals surface area contributed by atoms with Gasteiger partial charge in [-0.05, 0) is 18.2 Å². The van der Waals surface area contributed by atoms with Crippen molar-refractivity contribution in [2.24, 2.45) is 0 Å². The number of aromatic nitrogens is 2. The minimum atomic E-state index is -3.57. The van der Waals surface area contributed by atoms with Crippen LogP contribution in [-0.2, 0) is 14.8 Å². The lowest BCUT2D eigenvalue weighted by Gasteiger charge is -2.25. The molecule has 0 amide bonds. The molecule has 1 saturated heterocycles. The molecule has 26 heavy (non-hydrogen) atoms. The lowest BCUT2D eigenvalue weighted by atomic mass is 10.2. The van der Waals surface area contributed by atoms with E-state index >= 15 is 0 Å². The summed E-state index contributed by atoms with van der Waals surface area (Å²) in [5, 5.41) is 5.49. The van der Waals surface area contributed by atoms with Crippen LogP contribution in [0.3, 0.4) is 0 Å². The summed E-state index contributed by atoms with van der Waals surface area (Å²) in [4.78, 5) is 4.23. The molecule has 1 aliphatic rings. The highest BCUT2D eigenvalue weighted by Gasteiger charge is 2.28. The SMILES string of the molecule is O=S(=O)(c1cc(-c2nc(-c3cccc(F)c3)no2)cs1)N1CCOCC1. The molecule has 0 unspecified atom stereocenters. The van der Waals surface area contributed by atoms with E-state index in [9.17, 15) is 12.8 Å². The standard InChI is InChI=1S/C16H14FN3O4S2/c17-13-3-1-2-11(8-13)15-18-16(24-19-15)12-9-14(25-10-12)26(21,22)20-4-6-23-7-5-20/h1-3,8-10H,4-7H2. The van der Waals surface area contributed by atoms with Crippen LogP contribution in [0.5, 0.6) is 0 Å². The Balaban J connectivity index is 1.60. The first-order valence-corrected chi connectivity index (χ1v) is 10.1. The van der Waals surface area contributed by atoms with Crippen molar-refractivity contribution in [1.82, 2.24) is 14.4 Å². The van der Waals surface area contributed by atoms with Crippen LogP contribution < -0.4 is 0 Å². The molecule has 0 saturated carbocycles. The average molecular weight is 395 g/mol. The highest BCUT2D eigenvalue weighted by Crippen LogP contribution is 2.31. The predicted molar refractivity (Wildman–Crippen MR) is 92.6 cm³/mol. The minimum Gasteiger partial charge on any atom is -0.379 e. The van der Waals surface area contributed by atoms with Gasteiger partial charge in [0.2, 0.25) is 5.82 Å². The third-order valence-corrected chi connectivity index (χ3v) is 7.21. The van der Waals surface area contributed by atoms with Crippen LogP contribution in [-0.4, -0.2) is 49.2 Å². The predicted octanol–water partition coefficient (Wildman–Crippen LogP) is 2.63. The van der Waals surface area contributed by atoms with Crippen molar-refractivity contribution in [3.05, 3.63) is 41.5 Å². The molecule has 136 valence electrons. The van der Waals surface area contributed by atoms with Gasteiger partial charge in [-0.1, -0.05) is 17.3 Å². The van der Waals surface area contributed by atoms with E-state index in [0.29, 0.717) is 37.4 Å². The van der Waals surface area contributed by atoms with Gasteiger partial charge in [-0.2, -0.15) is 9.29 Å². The first-order valence-electron chi connectivity index (χ1n) is 7.80. The molecule has 0 bridgehead atoms. The zero-order valence-corrected chi connectivity index (χ0v) is 15.1. The fourth-order valence-corrected chi connectivity index (χ4v) is 5.28. The lowest BCUT2D eigenvalue weighted by Crippen LogP contribution is -2.40. The van der Waals surface area contributed by atoms with Crippen molar-refractivity contribution in [2.75, 3.05) is 26.3 Å². The Morgan fingerprint density at radius 1 is 1.15 bits per heavy atom. The summed E-state index contributed by atoms with van der Waals surface area (Å²) in [6.45, 7) is 1.44.